The molecule has 36 heavy (non-hydrogen) atoms. The summed E-state index contributed by atoms with van der Waals surface area (Å²) in [5.41, 5.74) is 10.4. The van der Waals surface area contributed by atoms with Crippen molar-refractivity contribution >= 4 is 32.6 Å². The van der Waals surface area contributed by atoms with Crippen LogP contribution in [0.25, 0.3) is 49.5 Å². The van der Waals surface area contributed by atoms with Crippen LogP contribution < -0.4 is 4.57 Å². The molecule has 0 atom stereocenters. The van der Waals surface area contributed by atoms with Gasteiger partial charge in [-0.15, -0.1) is 0 Å². The minimum atomic E-state index is 0.0973. The van der Waals surface area contributed by atoms with Crippen LogP contribution in [-0.2, 0) is 12.5 Å². The first-order valence-corrected chi connectivity index (χ1v) is 12.8. The lowest BCUT2D eigenvalue weighted by Crippen LogP contribution is -2.31. The summed E-state index contributed by atoms with van der Waals surface area (Å²) in [5, 5.41) is 5.11. The van der Waals surface area contributed by atoms with E-state index in [2.05, 4.69) is 142 Å². The lowest BCUT2D eigenvalue weighted by atomic mass is 9.83. The average Bonchev–Trinajstić information content (AvgIpc) is 3.19. The molecular formula is C34H33N2+. The Bertz CT molecular complexity index is 1740. The maximum atomic E-state index is 2.40. The van der Waals surface area contributed by atoms with Crippen LogP contribution in [-0.4, -0.2) is 4.57 Å². The molecule has 4 aromatic carbocycles. The molecule has 0 unspecified atom stereocenters. The molecule has 0 saturated heterocycles. The van der Waals surface area contributed by atoms with Crippen LogP contribution in [0.3, 0.4) is 0 Å². The van der Waals surface area contributed by atoms with Crippen molar-refractivity contribution in [2.24, 2.45) is 7.05 Å². The van der Waals surface area contributed by atoms with Crippen LogP contribution in [0.4, 0.5) is 0 Å². The SMILES string of the molecule is Cc1cc(C(C)(C)C)cc(-c2c3ccc(-n4c5ccccc5c5ccccc54)cc3cc[n+]2C)c1C. The highest BCUT2D eigenvalue weighted by Crippen LogP contribution is 2.36. The number of hydrogen-bond acceptors (Lipinski definition) is 0. The standard InChI is InChI=1S/C34H33N2/c1-22-19-25(34(3,4)5)21-30(23(22)2)33-27-16-15-26(20-24(27)17-18-35(33)6)36-31-13-9-7-11-28(31)29-12-8-10-14-32(29)36/h7-21H,1-6H3/q+1. The highest BCUT2D eigenvalue weighted by molar-refractivity contribution is 6.09. The van der Waals surface area contributed by atoms with Gasteiger partial charge in [0.2, 0.25) is 5.69 Å². The maximum Gasteiger partial charge on any atom is 0.220 e. The molecule has 6 rings (SSSR count). The van der Waals surface area contributed by atoms with E-state index in [4.69, 9.17) is 0 Å². The summed E-state index contributed by atoms with van der Waals surface area (Å²) in [6.45, 7) is 11.4. The lowest BCUT2D eigenvalue weighted by Gasteiger charge is -2.22. The van der Waals surface area contributed by atoms with Crippen molar-refractivity contribution in [1.29, 1.82) is 0 Å². The topological polar surface area (TPSA) is 8.81 Å². The van der Waals surface area contributed by atoms with Crippen LogP contribution in [0.1, 0.15) is 37.5 Å². The average molecular weight is 470 g/mol. The van der Waals surface area contributed by atoms with E-state index in [0.29, 0.717) is 0 Å². The van der Waals surface area contributed by atoms with Crippen molar-refractivity contribution in [2.45, 2.75) is 40.0 Å². The third kappa shape index (κ3) is 3.44. The molecule has 178 valence electrons. The van der Waals surface area contributed by atoms with Gasteiger partial charge in [-0.05, 0) is 77.7 Å². The fourth-order valence-corrected chi connectivity index (χ4v) is 5.57. The zero-order valence-corrected chi connectivity index (χ0v) is 22.1. The van der Waals surface area contributed by atoms with Gasteiger partial charge in [-0.3, -0.25) is 0 Å². The summed E-state index contributed by atoms with van der Waals surface area (Å²) >= 11 is 0. The first kappa shape index (κ1) is 22.5. The highest BCUT2D eigenvalue weighted by Gasteiger charge is 2.23. The maximum absolute atomic E-state index is 2.40. The molecule has 0 saturated carbocycles. The van der Waals surface area contributed by atoms with Crippen molar-refractivity contribution in [3.8, 4) is 16.9 Å². The molecule has 0 N–H and O–H groups in total. The molecule has 6 aromatic rings. The number of hydrogen-bond donors (Lipinski definition) is 0. The molecule has 0 radical (unpaired) electrons. The van der Waals surface area contributed by atoms with Gasteiger partial charge < -0.3 is 4.57 Å². The fraction of sp³-hybridized carbons (Fsp3) is 0.206. The number of rotatable bonds is 2. The minimum Gasteiger partial charge on any atom is -0.309 e. The number of para-hydroxylation sites is 2. The zero-order valence-electron chi connectivity index (χ0n) is 22.1. The predicted octanol–water partition coefficient (Wildman–Crippen LogP) is 8.34. The van der Waals surface area contributed by atoms with E-state index in [1.54, 1.807) is 0 Å². The smallest absolute Gasteiger partial charge is 0.220 e. The van der Waals surface area contributed by atoms with Crippen LogP contribution in [0.2, 0.25) is 0 Å². The van der Waals surface area contributed by atoms with Gasteiger partial charge in [-0.1, -0.05) is 63.2 Å². The Morgan fingerprint density at radius 2 is 1.33 bits per heavy atom. The van der Waals surface area contributed by atoms with Gasteiger partial charge in [0.05, 0.1) is 22.0 Å². The monoisotopic (exact) mass is 469 g/mol. The zero-order chi connectivity index (χ0) is 25.2. The predicted molar refractivity (Wildman–Crippen MR) is 153 cm³/mol. The lowest BCUT2D eigenvalue weighted by molar-refractivity contribution is -0.659. The van der Waals surface area contributed by atoms with Gasteiger partial charge in [-0.2, -0.15) is 0 Å². The number of aryl methyl sites for hydroxylation is 2. The van der Waals surface area contributed by atoms with Crippen molar-refractivity contribution in [3.63, 3.8) is 0 Å². The van der Waals surface area contributed by atoms with E-state index < -0.39 is 0 Å². The summed E-state index contributed by atoms with van der Waals surface area (Å²) in [6.07, 6.45) is 2.20. The Labute approximate surface area is 213 Å². The Balaban J connectivity index is 1.62. The summed E-state index contributed by atoms with van der Waals surface area (Å²) in [7, 11) is 2.16. The van der Waals surface area contributed by atoms with E-state index in [-0.39, 0.29) is 5.41 Å². The van der Waals surface area contributed by atoms with Gasteiger partial charge in [0.15, 0.2) is 6.20 Å². The molecule has 0 aliphatic rings. The van der Waals surface area contributed by atoms with Gasteiger partial charge in [-0.25, -0.2) is 4.57 Å². The molecule has 0 spiro atoms. The van der Waals surface area contributed by atoms with Gasteiger partial charge >= 0.3 is 0 Å². The second-order valence-corrected chi connectivity index (χ2v) is 11.1. The summed E-state index contributed by atoms with van der Waals surface area (Å²) in [4.78, 5) is 0. The van der Waals surface area contributed by atoms with Crippen LogP contribution >= 0.6 is 0 Å². The molecular weight excluding hydrogens is 436 g/mol. The van der Waals surface area contributed by atoms with Crippen molar-refractivity contribution in [1.82, 2.24) is 4.57 Å². The molecule has 0 amide bonds. The Kier molecular flexibility index (Phi) is 5.05. The molecule has 0 aliphatic heterocycles. The highest BCUT2D eigenvalue weighted by atomic mass is 15.0. The first-order chi connectivity index (χ1) is 17.2. The molecule has 2 aromatic heterocycles. The third-order valence-electron chi connectivity index (χ3n) is 7.75. The largest absolute Gasteiger partial charge is 0.309 e. The number of fused-ring (bicyclic) bond motifs is 4. The van der Waals surface area contributed by atoms with Gasteiger partial charge in [0.1, 0.15) is 7.05 Å². The second-order valence-electron chi connectivity index (χ2n) is 11.1. The van der Waals surface area contributed by atoms with Crippen molar-refractivity contribution in [3.05, 3.63) is 108 Å². The van der Waals surface area contributed by atoms with E-state index in [9.17, 15) is 0 Å². The van der Waals surface area contributed by atoms with Gasteiger partial charge in [0, 0.05) is 22.5 Å². The summed E-state index contributed by atoms with van der Waals surface area (Å²) in [6, 6.07) is 31.3. The number of benzene rings is 4. The number of pyridine rings is 1. The van der Waals surface area contributed by atoms with Crippen LogP contribution in [0, 0.1) is 13.8 Å². The number of aromatic nitrogens is 2. The Morgan fingerprint density at radius 3 is 1.97 bits per heavy atom. The molecule has 0 aliphatic carbocycles. The van der Waals surface area contributed by atoms with E-state index >= 15 is 0 Å². The van der Waals surface area contributed by atoms with Crippen molar-refractivity contribution < 1.29 is 4.57 Å². The minimum absolute atomic E-state index is 0.0973. The molecule has 2 heterocycles. The van der Waals surface area contributed by atoms with E-state index in [0.717, 1.165) is 0 Å². The second kappa shape index (κ2) is 8.06. The summed E-state index contributed by atoms with van der Waals surface area (Å²) in [5.74, 6) is 0. The summed E-state index contributed by atoms with van der Waals surface area (Å²) < 4.78 is 4.67. The van der Waals surface area contributed by atoms with E-state index in [1.165, 1.54) is 66.2 Å². The molecule has 2 heteroatoms. The molecule has 2 nitrogen and oxygen atoms in total. The molecule has 0 fully saturated rings. The quantitative estimate of drug-likeness (QED) is 0.225. The van der Waals surface area contributed by atoms with E-state index in [1.807, 2.05) is 0 Å². The third-order valence-corrected chi connectivity index (χ3v) is 7.75. The number of nitrogens with zero attached hydrogens (tertiary/aromatic N) is 2. The van der Waals surface area contributed by atoms with Crippen LogP contribution in [0.5, 0.6) is 0 Å². The van der Waals surface area contributed by atoms with Crippen LogP contribution in [0.15, 0.2) is 91.1 Å². The van der Waals surface area contributed by atoms with Crippen molar-refractivity contribution in [2.75, 3.05) is 0 Å². The first-order valence-electron chi connectivity index (χ1n) is 12.8. The Hall–Kier alpha value is -3.91. The molecule has 0 bridgehead atoms. The fourth-order valence-electron chi connectivity index (χ4n) is 5.57. The van der Waals surface area contributed by atoms with Gasteiger partial charge in [0.25, 0.3) is 0 Å². The Morgan fingerprint density at radius 1 is 0.694 bits per heavy atom. The normalized spacial score (nSPS) is 12.2.